The van der Waals surface area contributed by atoms with E-state index in [1.807, 2.05) is 0 Å². The fourth-order valence-corrected chi connectivity index (χ4v) is 17.0. The predicted molar refractivity (Wildman–Crippen MR) is 208 cm³/mol. The normalized spacial score (nSPS) is 48.8. The summed E-state index contributed by atoms with van der Waals surface area (Å²) in [5.74, 6) is 8.27. The summed E-state index contributed by atoms with van der Waals surface area (Å²) < 4.78 is 0. The van der Waals surface area contributed by atoms with E-state index in [4.69, 9.17) is 0 Å². The van der Waals surface area contributed by atoms with Gasteiger partial charge in [-0.05, 0) is 163 Å². The van der Waals surface area contributed by atoms with E-state index in [1.165, 1.54) is 128 Å². The lowest BCUT2D eigenvalue weighted by Crippen LogP contribution is -2.60. The maximum Gasteiger partial charge on any atom is 0.0133 e. The molecule has 0 bridgehead atoms. The van der Waals surface area contributed by atoms with Gasteiger partial charge in [0.1, 0.15) is 0 Å². The molecule has 282 valence electrons. The molecule has 0 amide bonds. The van der Waals surface area contributed by atoms with Gasteiger partial charge in [-0.25, -0.2) is 0 Å². The van der Waals surface area contributed by atoms with Gasteiger partial charge in [0.25, 0.3) is 0 Å². The Morgan fingerprint density at radius 3 is 1.18 bits per heavy atom. The summed E-state index contributed by atoms with van der Waals surface area (Å²) in [4.78, 5) is 6.65. The molecule has 3 aliphatic heterocycles. The molecule has 12 atom stereocenters. The molecular formula is C47H79N3. The second-order valence-electron chi connectivity index (χ2n) is 21.1. The van der Waals surface area contributed by atoms with Crippen LogP contribution in [0.3, 0.4) is 0 Å². The molecule has 1 N–H and O–H groups in total. The highest BCUT2D eigenvalue weighted by Gasteiger charge is 2.57. The summed E-state index contributed by atoms with van der Waals surface area (Å²) in [5.41, 5.74) is 0. The van der Waals surface area contributed by atoms with Crippen LogP contribution in [0.15, 0.2) is 0 Å². The van der Waals surface area contributed by atoms with Gasteiger partial charge in [0.05, 0.1) is 0 Å². The van der Waals surface area contributed by atoms with Gasteiger partial charge in [0, 0.05) is 48.3 Å². The largest absolute Gasteiger partial charge is 0.311 e. The van der Waals surface area contributed by atoms with Crippen LogP contribution >= 0.6 is 0 Å². The Morgan fingerprint density at radius 2 is 0.680 bits per heavy atom. The Morgan fingerprint density at radius 1 is 0.280 bits per heavy atom. The molecule has 0 aromatic carbocycles. The van der Waals surface area contributed by atoms with Crippen LogP contribution < -0.4 is 5.32 Å². The van der Waals surface area contributed by atoms with Crippen LogP contribution in [0.2, 0.25) is 0 Å². The van der Waals surface area contributed by atoms with E-state index in [1.54, 1.807) is 70.6 Å². The van der Waals surface area contributed by atoms with Crippen molar-refractivity contribution in [1.29, 1.82) is 0 Å². The predicted octanol–water partition coefficient (Wildman–Crippen LogP) is 11.3. The Labute approximate surface area is 309 Å². The van der Waals surface area contributed by atoms with E-state index < -0.39 is 0 Å². The molecule has 7 saturated carbocycles. The van der Waals surface area contributed by atoms with Crippen molar-refractivity contribution in [2.45, 2.75) is 247 Å². The molecule has 10 rings (SSSR count). The van der Waals surface area contributed by atoms with Crippen molar-refractivity contribution in [2.75, 3.05) is 0 Å². The van der Waals surface area contributed by atoms with Gasteiger partial charge in [-0.3, -0.25) is 9.80 Å². The highest BCUT2D eigenvalue weighted by Crippen LogP contribution is 2.58. The first kappa shape index (κ1) is 34.4. The smallest absolute Gasteiger partial charge is 0.0133 e. The van der Waals surface area contributed by atoms with Crippen molar-refractivity contribution in [1.82, 2.24) is 15.1 Å². The molecule has 3 heteroatoms. The molecule has 0 aromatic rings. The molecule has 3 heterocycles. The molecule has 0 aromatic heterocycles. The van der Waals surface area contributed by atoms with Crippen molar-refractivity contribution < 1.29 is 0 Å². The molecule has 0 radical (unpaired) electrons. The van der Waals surface area contributed by atoms with Crippen LogP contribution in [-0.4, -0.2) is 58.1 Å². The second-order valence-corrected chi connectivity index (χ2v) is 21.1. The Bertz CT molecular complexity index is 1080. The second kappa shape index (κ2) is 15.2. The number of hydrogen-bond acceptors (Lipinski definition) is 3. The van der Waals surface area contributed by atoms with Crippen LogP contribution in [0.25, 0.3) is 0 Å². The third-order valence-electron chi connectivity index (χ3n) is 19.0. The Hall–Kier alpha value is -0.120. The number of hydrogen-bond donors (Lipinski definition) is 1. The number of fused-ring (bicyclic) bond motifs is 6. The van der Waals surface area contributed by atoms with E-state index in [9.17, 15) is 0 Å². The highest BCUT2D eigenvalue weighted by molar-refractivity contribution is 5.11. The number of nitrogens with zero attached hydrogens (tertiary/aromatic N) is 2. The molecule has 3 nitrogen and oxygen atoms in total. The van der Waals surface area contributed by atoms with Crippen molar-refractivity contribution in [3.05, 3.63) is 0 Å². The van der Waals surface area contributed by atoms with E-state index in [-0.39, 0.29) is 0 Å². The van der Waals surface area contributed by atoms with Crippen LogP contribution in [-0.2, 0) is 0 Å². The molecule has 10 aliphatic rings. The first-order valence-corrected chi connectivity index (χ1v) is 24.1. The van der Waals surface area contributed by atoms with Crippen LogP contribution in [0, 0.1) is 47.3 Å². The SMILES string of the molecule is C1CCC(C2CC(N3C4CCCCC4C4CC(C5CCC6C(C5)C5CCCCC5N6C5CCCCC5)CCC43)CC(C3CCCCC3)N2)CC1. The molecule has 3 saturated heterocycles. The van der Waals surface area contributed by atoms with E-state index >= 15 is 0 Å². The van der Waals surface area contributed by atoms with Gasteiger partial charge < -0.3 is 5.32 Å². The zero-order valence-corrected chi connectivity index (χ0v) is 32.6. The average Bonchev–Trinajstić information content (AvgIpc) is 3.71. The van der Waals surface area contributed by atoms with Gasteiger partial charge in [0.15, 0.2) is 0 Å². The summed E-state index contributed by atoms with van der Waals surface area (Å²) >= 11 is 0. The first-order valence-electron chi connectivity index (χ1n) is 24.1. The summed E-state index contributed by atoms with van der Waals surface area (Å²) in [6, 6.07) is 7.30. The number of nitrogens with one attached hydrogen (secondary N) is 1. The van der Waals surface area contributed by atoms with Crippen molar-refractivity contribution in [2.24, 2.45) is 47.3 Å². The maximum atomic E-state index is 4.47. The van der Waals surface area contributed by atoms with E-state index in [2.05, 4.69) is 15.1 Å². The minimum absolute atomic E-state index is 0.816. The molecule has 7 aliphatic carbocycles. The average molecular weight is 686 g/mol. The van der Waals surface area contributed by atoms with Gasteiger partial charge >= 0.3 is 0 Å². The third-order valence-corrected chi connectivity index (χ3v) is 19.0. The minimum atomic E-state index is 0.816. The van der Waals surface area contributed by atoms with Crippen molar-refractivity contribution >= 4 is 0 Å². The summed E-state index contributed by atoms with van der Waals surface area (Å²) in [6.07, 6.45) is 47.6. The summed E-state index contributed by atoms with van der Waals surface area (Å²) in [5, 5.41) is 4.47. The molecular weight excluding hydrogens is 607 g/mol. The topological polar surface area (TPSA) is 18.5 Å². The summed E-state index contributed by atoms with van der Waals surface area (Å²) in [7, 11) is 0. The fraction of sp³-hybridized carbons (Fsp3) is 1.00. The first-order chi connectivity index (χ1) is 24.8. The monoisotopic (exact) mass is 686 g/mol. The molecule has 50 heavy (non-hydrogen) atoms. The van der Waals surface area contributed by atoms with Crippen LogP contribution in [0.5, 0.6) is 0 Å². The number of piperidine rings is 1. The van der Waals surface area contributed by atoms with E-state index in [0.717, 1.165) is 95.7 Å². The third kappa shape index (κ3) is 6.43. The lowest BCUT2D eigenvalue weighted by Gasteiger charge is -2.51. The lowest BCUT2D eigenvalue weighted by atomic mass is 9.62. The van der Waals surface area contributed by atoms with Gasteiger partial charge in [-0.1, -0.05) is 83.5 Å². The number of likely N-dealkylation sites (tertiary alicyclic amines) is 2. The maximum absolute atomic E-state index is 4.47. The van der Waals surface area contributed by atoms with E-state index in [0.29, 0.717) is 0 Å². The van der Waals surface area contributed by atoms with Crippen molar-refractivity contribution in [3.63, 3.8) is 0 Å². The fourth-order valence-electron chi connectivity index (χ4n) is 17.0. The van der Waals surface area contributed by atoms with Gasteiger partial charge in [-0.2, -0.15) is 0 Å². The van der Waals surface area contributed by atoms with Gasteiger partial charge in [-0.15, -0.1) is 0 Å². The zero-order chi connectivity index (χ0) is 33.0. The standard InChI is InChI=1S/C47H79N3/c1-4-14-32(15-5-1)42-30-37(31-43(48-42)33-16-6-2-7-17-33)50-45-23-13-11-21-39(45)41-29-35(25-27-47(41)50)34-24-26-46-40(28-34)38-20-10-12-22-44(38)49(46)36-18-8-3-9-19-36/h32-48H,1-31H2. The zero-order valence-electron chi connectivity index (χ0n) is 32.6. The Balaban J connectivity index is 0.859. The molecule has 10 fully saturated rings. The quantitative estimate of drug-likeness (QED) is 0.311. The van der Waals surface area contributed by atoms with Gasteiger partial charge in [0.2, 0.25) is 0 Å². The Kier molecular flexibility index (Phi) is 10.4. The molecule has 0 spiro atoms. The highest BCUT2D eigenvalue weighted by atomic mass is 15.3. The number of rotatable bonds is 5. The minimum Gasteiger partial charge on any atom is -0.311 e. The summed E-state index contributed by atoms with van der Waals surface area (Å²) in [6.45, 7) is 0. The van der Waals surface area contributed by atoms with Crippen LogP contribution in [0.1, 0.15) is 199 Å². The molecule has 12 unspecified atom stereocenters. The van der Waals surface area contributed by atoms with Crippen LogP contribution in [0.4, 0.5) is 0 Å². The van der Waals surface area contributed by atoms with Crippen molar-refractivity contribution in [3.8, 4) is 0 Å². The lowest BCUT2D eigenvalue weighted by molar-refractivity contribution is 0.0121.